The summed E-state index contributed by atoms with van der Waals surface area (Å²) in [7, 11) is 1.56. The molecular formula is C16H24N2O3. The normalized spacial score (nSPS) is 11.1. The summed E-state index contributed by atoms with van der Waals surface area (Å²) in [6, 6.07) is 7.20. The van der Waals surface area contributed by atoms with E-state index in [0.29, 0.717) is 11.5 Å². The minimum absolute atomic E-state index is 0.0912. The van der Waals surface area contributed by atoms with Crippen LogP contribution in [0.4, 0.5) is 0 Å². The lowest BCUT2D eigenvalue weighted by atomic mass is 10.1. The van der Waals surface area contributed by atoms with Crippen LogP contribution in [0.15, 0.2) is 29.4 Å². The van der Waals surface area contributed by atoms with Crippen molar-refractivity contribution < 1.29 is 14.3 Å². The van der Waals surface area contributed by atoms with E-state index in [1.165, 1.54) is 12.8 Å². The molecule has 1 rings (SSSR count). The summed E-state index contributed by atoms with van der Waals surface area (Å²) >= 11 is 0. The number of para-hydroxylation sites is 2. The molecule has 0 saturated heterocycles. The van der Waals surface area contributed by atoms with E-state index in [9.17, 15) is 4.79 Å². The number of nitrogens with one attached hydrogen (secondary N) is 1. The fourth-order valence-electron chi connectivity index (χ4n) is 1.76. The molecule has 1 aromatic carbocycles. The quantitative estimate of drug-likeness (QED) is 0.432. The molecule has 0 unspecified atom stereocenters. The Kier molecular flexibility index (Phi) is 7.94. The van der Waals surface area contributed by atoms with Crippen molar-refractivity contribution in [2.45, 2.75) is 39.5 Å². The fourth-order valence-corrected chi connectivity index (χ4v) is 1.76. The molecule has 0 spiro atoms. The Morgan fingerprint density at radius 2 is 1.95 bits per heavy atom. The van der Waals surface area contributed by atoms with Crippen LogP contribution in [0.3, 0.4) is 0 Å². The summed E-state index contributed by atoms with van der Waals surface area (Å²) in [4.78, 5) is 11.7. The van der Waals surface area contributed by atoms with Crippen molar-refractivity contribution in [3.8, 4) is 11.5 Å². The first-order valence-electron chi connectivity index (χ1n) is 7.25. The second-order valence-electron chi connectivity index (χ2n) is 4.78. The zero-order valence-electron chi connectivity index (χ0n) is 13.0. The van der Waals surface area contributed by atoms with Crippen LogP contribution in [0.1, 0.15) is 39.5 Å². The molecule has 116 valence electrons. The van der Waals surface area contributed by atoms with Crippen molar-refractivity contribution in [3.63, 3.8) is 0 Å². The van der Waals surface area contributed by atoms with Gasteiger partial charge < -0.3 is 9.47 Å². The topological polar surface area (TPSA) is 59.9 Å². The van der Waals surface area contributed by atoms with Gasteiger partial charge in [0.2, 0.25) is 0 Å². The number of ether oxygens (including phenoxy) is 2. The largest absolute Gasteiger partial charge is 0.493 e. The Bertz CT molecular complexity index is 472. The molecule has 0 aromatic heterocycles. The molecule has 0 fully saturated rings. The molecular weight excluding hydrogens is 268 g/mol. The first-order chi connectivity index (χ1) is 10.2. The third-order valence-electron chi connectivity index (χ3n) is 2.94. The number of unbranched alkanes of at least 4 members (excludes halogenated alkanes) is 2. The van der Waals surface area contributed by atoms with E-state index >= 15 is 0 Å². The number of carbonyl (C=O) groups excluding carboxylic acids is 1. The van der Waals surface area contributed by atoms with Crippen LogP contribution in [-0.4, -0.2) is 25.3 Å². The average molecular weight is 292 g/mol. The Hall–Kier alpha value is -2.04. The Labute approximate surface area is 126 Å². The van der Waals surface area contributed by atoms with Gasteiger partial charge in [0.05, 0.1) is 7.11 Å². The van der Waals surface area contributed by atoms with Crippen LogP contribution in [0.5, 0.6) is 11.5 Å². The van der Waals surface area contributed by atoms with Crippen molar-refractivity contribution in [2.24, 2.45) is 5.10 Å². The second kappa shape index (κ2) is 9.80. The number of hydrogen-bond acceptors (Lipinski definition) is 4. The molecule has 1 amide bonds. The maximum Gasteiger partial charge on any atom is 0.277 e. The smallest absolute Gasteiger partial charge is 0.277 e. The lowest BCUT2D eigenvalue weighted by Crippen LogP contribution is -2.25. The third kappa shape index (κ3) is 6.79. The zero-order valence-corrected chi connectivity index (χ0v) is 13.0. The highest BCUT2D eigenvalue weighted by molar-refractivity contribution is 5.84. The minimum atomic E-state index is -0.282. The molecule has 5 heteroatoms. The monoisotopic (exact) mass is 292 g/mol. The number of nitrogens with zero attached hydrogens (tertiary/aromatic N) is 1. The number of benzene rings is 1. The van der Waals surface area contributed by atoms with Gasteiger partial charge >= 0.3 is 0 Å². The van der Waals surface area contributed by atoms with E-state index in [0.717, 1.165) is 18.6 Å². The minimum Gasteiger partial charge on any atom is -0.493 e. The predicted octanol–water partition coefficient (Wildman–Crippen LogP) is 3.15. The predicted molar refractivity (Wildman–Crippen MR) is 83.9 cm³/mol. The molecule has 0 aliphatic rings. The van der Waals surface area contributed by atoms with Gasteiger partial charge in [0.25, 0.3) is 5.91 Å². The number of amides is 1. The van der Waals surface area contributed by atoms with Gasteiger partial charge in [-0.15, -0.1) is 0 Å². The van der Waals surface area contributed by atoms with Crippen LogP contribution >= 0.6 is 0 Å². The average Bonchev–Trinajstić information content (AvgIpc) is 2.51. The van der Waals surface area contributed by atoms with Crippen molar-refractivity contribution >= 4 is 11.6 Å². The molecule has 0 aliphatic carbocycles. The molecule has 0 atom stereocenters. The first kappa shape index (κ1) is 17.0. The van der Waals surface area contributed by atoms with E-state index in [4.69, 9.17) is 9.47 Å². The number of hydrazone groups is 1. The van der Waals surface area contributed by atoms with Gasteiger partial charge in [-0.2, -0.15) is 5.10 Å². The zero-order chi connectivity index (χ0) is 15.5. The van der Waals surface area contributed by atoms with E-state index in [1.807, 2.05) is 19.1 Å². The van der Waals surface area contributed by atoms with Gasteiger partial charge in [-0.3, -0.25) is 4.79 Å². The van der Waals surface area contributed by atoms with Gasteiger partial charge in [0, 0.05) is 5.71 Å². The molecule has 0 heterocycles. The summed E-state index contributed by atoms with van der Waals surface area (Å²) in [5, 5.41) is 4.06. The Balaban J connectivity index is 2.35. The maximum absolute atomic E-state index is 11.7. The van der Waals surface area contributed by atoms with Crippen molar-refractivity contribution in [3.05, 3.63) is 24.3 Å². The van der Waals surface area contributed by atoms with E-state index in [-0.39, 0.29) is 12.5 Å². The third-order valence-corrected chi connectivity index (χ3v) is 2.94. The first-order valence-corrected chi connectivity index (χ1v) is 7.25. The molecule has 0 saturated carbocycles. The molecule has 0 bridgehead atoms. The van der Waals surface area contributed by atoms with Crippen molar-refractivity contribution in [2.75, 3.05) is 13.7 Å². The van der Waals surface area contributed by atoms with Gasteiger partial charge in [-0.05, 0) is 31.9 Å². The van der Waals surface area contributed by atoms with E-state index < -0.39 is 0 Å². The standard InChI is InChI=1S/C16H24N2O3/c1-4-5-6-9-13(2)17-18-16(19)12-21-15-11-8-7-10-14(15)20-3/h7-8,10-11H,4-6,9,12H2,1-3H3,(H,18,19)/b17-13+. The lowest BCUT2D eigenvalue weighted by molar-refractivity contribution is -0.123. The van der Waals surface area contributed by atoms with Gasteiger partial charge in [0.1, 0.15) is 0 Å². The molecule has 1 aromatic rings. The molecule has 0 aliphatic heterocycles. The summed E-state index contributed by atoms with van der Waals surface area (Å²) in [5.74, 6) is 0.860. The number of carbonyl (C=O) groups is 1. The Morgan fingerprint density at radius 1 is 1.24 bits per heavy atom. The summed E-state index contributed by atoms with van der Waals surface area (Å²) < 4.78 is 10.6. The van der Waals surface area contributed by atoms with Crippen molar-refractivity contribution in [1.82, 2.24) is 5.43 Å². The molecule has 0 radical (unpaired) electrons. The summed E-state index contributed by atoms with van der Waals surface area (Å²) in [6.07, 6.45) is 4.35. The van der Waals surface area contributed by atoms with Crippen LogP contribution in [0, 0.1) is 0 Å². The maximum atomic E-state index is 11.7. The Morgan fingerprint density at radius 3 is 2.62 bits per heavy atom. The van der Waals surface area contributed by atoms with Gasteiger partial charge in [-0.25, -0.2) is 5.43 Å². The van der Waals surface area contributed by atoms with Gasteiger partial charge in [-0.1, -0.05) is 31.9 Å². The fraction of sp³-hybridized carbons (Fsp3) is 0.500. The summed E-state index contributed by atoms with van der Waals surface area (Å²) in [6.45, 7) is 3.98. The van der Waals surface area contributed by atoms with E-state index in [2.05, 4.69) is 17.5 Å². The highest BCUT2D eigenvalue weighted by atomic mass is 16.5. The second-order valence-corrected chi connectivity index (χ2v) is 4.78. The number of hydrogen-bond donors (Lipinski definition) is 1. The molecule has 1 N–H and O–H groups in total. The highest BCUT2D eigenvalue weighted by Crippen LogP contribution is 2.25. The lowest BCUT2D eigenvalue weighted by Gasteiger charge is -2.09. The molecule has 21 heavy (non-hydrogen) atoms. The van der Waals surface area contributed by atoms with Crippen LogP contribution in [0.25, 0.3) is 0 Å². The number of methoxy groups -OCH3 is 1. The van der Waals surface area contributed by atoms with Crippen LogP contribution < -0.4 is 14.9 Å². The summed E-state index contributed by atoms with van der Waals surface area (Å²) in [5.41, 5.74) is 3.43. The highest BCUT2D eigenvalue weighted by Gasteiger charge is 2.06. The number of rotatable bonds is 9. The molecule has 5 nitrogen and oxygen atoms in total. The van der Waals surface area contributed by atoms with Gasteiger partial charge in [0.15, 0.2) is 18.1 Å². The van der Waals surface area contributed by atoms with E-state index in [1.54, 1.807) is 19.2 Å². The van der Waals surface area contributed by atoms with Crippen molar-refractivity contribution in [1.29, 1.82) is 0 Å². The SMILES string of the molecule is CCCCC/C(C)=N/NC(=O)COc1ccccc1OC. The van der Waals surface area contributed by atoms with Crippen LogP contribution in [0.2, 0.25) is 0 Å². The van der Waals surface area contributed by atoms with Crippen LogP contribution in [-0.2, 0) is 4.79 Å².